The third-order valence-electron chi connectivity index (χ3n) is 3.38. The van der Waals surface area contributed by atoms with Crippen molar-refractivity contribution in [2.45, 2.75) is 64.7 Å². The minimum atomic E-state index is -0.930. The molecule has 0 rings (SSSR count). The van der Waals surface area contributed by atoms with E-state index in [4.69, 9.17) is 5.11 Å². The third kappa shape index (κ3) is 20.2. The lowest BCUT2D eigenvalue weighted by atomic mass is 10.1. The van der Waals surface area contributed by atoms with Gasteiger partial charge in [0.2, 0.25) is 0 Å². The van der Waals surface area contributed by atoms with E-state index >= 15 is 0 Å². The van der Waals surface area contributed by atoms with Crippen LogP contribution in [0.5, 0.6) is 0 Å². The van der Waals surface area contributed by atoms with Crippen LogP contribution in [-0.2, 0) is 4.79 Å². The second kappa shape index (κ2) is 18.2. The Kier molecular flexibility index (Phi) is 16.8. The molecule has 0 aliphatic heterocycles. The van der Waals surface area contributed by atoms with Crippen molar-refractivity contribution in [3.8, 4) is 0 Å². The van der Waals surface area contributed by atoms with Crippen LogP contribution >= 0.6 is 0 Å². The van der Waals surface area contributed by atoms with Gasteiger partial charge in [-0.1, -0.05) is 107 Å². The van der Waals surface area contributed by atoms with Crippen LogP contribution in [0.3, 0.4) is 0 Å². The van der Waals surface area contributed by atoms with Gasteiger partial charge in [0, 0.05) is 6.08 Å². The lowest BCUT2D eigenvalue weighted by Crippen LogP contribution is -1.84. The van der Waals surface area contributed by atoms with Crippen LogP contribution in [0.25, 0.3) is 0 Å². The van der Waals surface area contributed by atoms with E-state index in [0.717, 1.165) is 12.5 Å². The molecule has 0 aromatic heterocycles. The van der Waals surface area contributed by atoms with E-state index in [0.29, 0.717) is 0 Å². The fourth-order valence-electron chi connectivity index (χ4n) is 2.09. The van der Waals surface area contributed by atoms with Crippen LogP contribution in [0.4, 0.5) is 0 Å². The highest BCUT2D eigenvalue weighted by Crippen LogP contribution is 2.09. The maximum Gasteiger partial charge on any atom is 0.328 e. The van der Waals surface area contributed by atoms with Gasteiger partial charge in [-0.25, -0.2) is 4.79 Å². The zero-order chi connectivity index (χ0) is 17.0. The van der Waals surface area contributed by atoms with E-state index in [1.54, 1.807) is 12.2 Å². The number of carboxylic acids is 1. The van der Waals surface area contributed by atoms with E-state index in [9.17, 15) is 4.79 Å². The molecule has 0 radical (unpaired) electrons. The normalized spacial score (nSPS) is 12.7. The lowest BCUT2D eigenvalue weighted by Gasteiger charge is -1.99. The number of carbonyl (C=O) groups is 1. The molecule has 0 saturated carbocycles. The molecule has 0 aromatic carbocycles. The highest BCUT2D eigenvalue weighted by atomic mass is 16.4. The van der Waals surface area contributed by atoms with Gasteiger partial charge in [0.05, 0.1) is 0 Å². The van der Waals surface area contributed by atoms with E-state index in [2.05, 4.69) is 19.1 Å². The maximum atomic E-state index is 10.2. The molecule has 0 aliphatic rings. The van der Waals surface area contributed by atoms with Crippen LogP contribution in [0, 0.1) is 0 Å². The molecule has 2 nitrogen and oxygen atoms in total. The summed E-state index contributed by atoms with van der Waals surface area (Å²) in [5, 5.41) is 8.39. The van der Waals surface area contributed by atoms with Crippen LogP contribution in [0.1, 0.15) is 64.7 Å². The molecule has 128 valence electrons. The Morgan fingerprint density at radius 1 is 0.696 bits per heavy atom. The van der Waals surface area contributed by atoms with Gasteiger partial charge < -0.3 is 5.11 Å². The number of aliphatic carboxylic acids is 1. The second-order valence-corrected chi connectivity index (χ2v) is 5.54. The summed E-state index contributed by atoms with van der Waals surface area (Å²) < 4.78 is 0. The summed E-state index contributed by atoms with van der Waals surface area (Å²) in [6, 6.07) is 0. The molecule has 0 saturated heterocycles. The number of hydrogen-bond donors (Lipinski definition) is 1. The Morgan fingerprint density at radius 3 is 1.74 bits per heavy atom. The van der Waals surface area contributed by atoms with Crippen molar-refractivity contribution >= 4 is 5.97 Å². The first-order valence-corrected chi connectivity index (χ1v) is 8.83. The molecular weight excluding hydrogens is 284 g/mol. The summed E-state index contributed by atoms with van der Waals surface area (Å²) in [4.78, 5) is 10.2. The minimum absolute atomic E-state index is 0.930. The number of carboxylic acid groups (broad SMARTS) is 1. The number of allylic oxidation sites excluding steroid dienone is 9. The van der Waals surface area contributed by atoms with Crippen molar-refractivity contribution in [2.75, 3.05) is 0 Å². The lowest BCUT2D eigenvalue weighted by molar-refractivity contribution is -0.131. The quantitative estimate of drug-likeness (QED) is 0.229. The van der Waals surface area contributed by atoms with Crippen molar-refractivity contribution in [3.63, 3.8) is 0 Å². The van der Waals surface area contributed by atoms with Crippen LogP contribution in [0.2, 0.25) is 0 Å². The van der Waals surface area contributed by atoms with Gasteiger partial charge in [-0.15, -0.1) is 0 Å². The van der Waals surface area contributed by atoms with Gasteiger partial charge in [0.25, 0.3) is 0 Å². The smallest absolute Gasteiger partial charge is 0.328 e. The van der Waals surface area contributed by atoms with Gasteiger partial charge in [-0.3, -0.25) is 0 Å². The molecule has 0 aromatic rings. The highest BCUT2D eigenvalue weighted by Gasteiger charge is 1.89. The number of rotatable bonds is 14. The summed E-state index contributed by atoms with van der Waals surface area (Å²) in [5.41, 5.74) is 0. The molecule has 0 amide bonds. The maximum absolute atomic E-state index is 10.2. The topological polar surface area (TPSA) is 37.3 Å². The fourth-order valence-corrected chi connectivity index (χ4v) is 2.09. The van der Waals surface area contributed by atoms with E-state index in [1.807, 2.05) is 24.3 Å². The largest absolute Gasteiger partial charge is 0.478 e. The van der Waals surface area contributed by atoms with E-state index in [1.165, 1.54) is 57.4 Å². The van der Waals surface area contributed by atoms with E-state index < -0.39 is 5.97 Å². The first-order valence-electron chi connectivity index (χ1n) is 8.83. The van der Waals surface area contributed by atoms with E-state index in [-0.39, 0.29) is 0 Å². The third-order valence-corrected chi connectivity index (χ3v) is 3.38. The Labute approximate surface area is 142 Å². The van der Waals surface area contributed by atoms with Crippen molar-refractivity contribution in [1.82, 2.24) is 0 Å². The summed E-state index contributed by atoms with van der Waals surface area (Å²) in [5.74, 6) is -0.930. The Morgan fingerprint density at radius 2 is 1.17 bits per heavy atom. The Bertz CT molecular complexity index is 412. The molecule has 0 atom stereocenters. The number of unbranched alkanes of at least 4 members (excludes halogenated alkanes) is 8. The molecule has 1 N–H and O–H groups in total. The predicted molar refractivity (Wildman–Crippen MR) is 101 cm³/mol. The number of hydrogen-bond acceptors (Lipinski definition) is 1. The minimum Gasteiger partial charge on any atom is -0.478 e. The molecule has 0 aliphatic carbocycles. The molecule has 0 bridgehead atoms. The Hall–Kier alpha value is -1.83. The zero-order valence-electron chi connectivity index (χ0n) is 14.5. The van der Waals surface area contributed by atoms with Crippen molar-refractivity contribution in [1.29, 1.82) is 0 Å². The van der Waals surface area contributed by atoms with Gasteiger partial charge >= 0.3 is 5.97 Å². The van der Waals surface area contributed by atoms with Gasteiger partial charge in [-0.05, 0) is 12.8 Å². The molecule has 2 heteroatoms. The summed E-state index contributed by atoms with van der Waals surface area (Å²) in [7, 11) is 0. The molecular formula is C21H32O2. The summed E-state index contributed by atoms with van der Waals surface area (Å²) in [6.07, 6.45) is 30.2. The molecule has 0 fully saturated rings. The second-order valence-electron chi connectivity index (χ2n) is 5.54. The summed E-state index contributed by atoms with van der Waals surface area (Å²) >= 11 is 0. The van der Waals surface area contributed by atoms with Gasteiger partial charge in [0.15, 0.2) is 0 Å². The standard InChI is InChI=1S/C21H32O2/c1-2-3-4-5-6-7-8-9-10-11-12-13-14-15-16-17-18-19-20-21(22)23/h11-20H,2-10H2,1H3,(H,22,23)/b12-11+,14-13+,16-15+,18-17+,20-19+. The van der Waals surface area contributed by atoms with Crippen molar-refractivity contribution < 1.29 is 9.90 Å². The van der Waals surface area contributed by atoms with Crippen LogP contribution in [-0.4, -0.2) is 11.1 Å². The summed E-state index contributed by atoms with van der Waals surface area (Å²) in [6.45, 7) is 2.26. The fraction of sp³-hybridized carbons (Fsp3) is 0.476. The predicted octanol–water partition coefficient (Wildman–Crippen LogP) is 6.38. The molecule has 0 heterocycles. The first-order chi connectivity index (χ1) is 11.3. The van der Waals surface area contributed by atoms with Gasteiger partial charge in [-0.2, -0.15) is 0 Å². The molecule has 0 spiro atoms. The van der Waals surface area contributed by atoms with Crippen molar-refractivity contribution in [2.24, 2.45) is 0 Å². The SMILES string of the molecule is CCCCCCCCCC/C=C/C=C/C=C/C=C/C=C/C(=O)O. The molecule has 23 heavy (non-hydrogen) atoms. The zero-order valence-corrected chi connectivity index (χ0v) is 14.5. The monoisotopic (exact) mass is 316 g/mol. The highest BCUT2D eigenvalue weighted by molar-refractivity contribution is 5.80. The average Bonchev–Trinajstić information content (AvgIpc) is 2.53. The van der Waals surface area contributed by atoms with Gasteiger partial charge in [0.1, 0.15) is 0 Å². The average molecular weight is 316 g/mol. The first kappa shape index (κ1) is 21.2. The van der Waals surface area contributed by atoms with Crippen LogP contribution in [0.15, 0.2) is 60.8 Å². The molecule has 0 unspecified atom stereocenters. The van der Waals surface area contributed by atoms with Crippen molar-refractivity contribution in [3.05, 3.63) is 60.8 Å². The Balaban J connectivity index is 3.47. The van der Waals surface area contributed by atoms with Crippen LogP contribution < -0.4 is 0 Å².